The molecule has 1 aromatic carbocycles. The minimum atomic E-state index is -2.69. The van der Waals surface area contributed by atoms with Gasteiger partial charge in [-0.1, -0.05) is 18.2 Å². The highest BCUT2D eigenvalue weighted by molar-refractivity contribution is 5.79. The van der Waals surface area contributed by atoms with Crippen molar-refractivity contribution in [1.29, 1.82) is 0 Å². The van der Waals surface area contributed by atoms with Crippen molar-refractivity contribution in [3.05, 3.63) is 30.3 Å². The monoisotopic (exact) mass is 368 g/mol. The lowest BCUT2D eigenvalue weighted by Gasteiger charge is -2.36. The molecule has 1 aliphatic heterocycles. The van der Waals surface area contributed by atoms with Crippen molar-refractivity contribution < 1.29 is 23.4 Å². The third-order valence-corrected chi connectivity index (χ3v) is 5.09. The maximum atomic E-state index is 13.3. The number of piperazine rings is 1. The number of aliphatic hydroxyl groups is 1. The molecule has 1 aliphatic carbocycles. The van der Waals surface area contributed by atoms with E-state index in [2.05, 4.69) is 4.90 Å². The fourth-order valence-electron chi connectivity index (χ4n) is 3.63. The van der Waals surface area contributed by atoms with E-state index in [4.69, 9.17) is 4.74 Å². The highest BCUT2D eigenvalue weighted by Gasteiger charge is 2.43. The summed E-state index contributed by atoms with van der Waals surface area (Å²) in [6, 6.07) is 9.32. The molecule has 0 aromatic heterocycles. The van der Waals surface area contributed by atoms with Gasteiger partial charge in [-0.25, -0.2) is 8.78 Å². The average molecular weight is 368 g/mol. The first-order valence-electron chi connectivity index (χ1n) is 9.18. The molecule has 2 unspecified atom stereocenters. The molecule has 2 atom stereocenters. The van der Waals surface area contributed by atoms with Crippen molar-refractivity contribution in [3.8, 4) is 5.75 Å². The van der Waals surface area contributed by atoms with Gasteiger partial charge in [-0.15, -0.1) is 0 Å². The summed E-state index contributed by atoms with van der Waals surface area (Å²) in [5.74, 6) is -2.66. The number of alkyl halides is 2. The lowest BCUT2D eigenvalue weighted by molar-refractivity contribution is -0.138. The molecule has 26 heavy (non-hydrogen) atoms. The van der Waals surface area contributed by atoms with E-state index in [9.17, 15) is 18.7 Å². The molecule has 1 N–H and O–H groups in total. The van der Waals surface area contributed by atoms with Gasteiger partial charge in [0.2, 0.25) is 11.8 Å². The SMILES string of the molecule is O=C(C1CCC(F)(F)C1)N1CCN(CC(O)COc2ccccc2)CC1. The number of aliphatic hydroxyl groups excluding tert-OH is 1. The van der Waals surface area contributed by atoms with Crippen LogP contribution >= 0.6 is 0 Å². The van der Waals surface area contributed by atoms with E-state index >= 15 is 0 Å². The summed E-state index contributed by atoms with van der Waals surface area (Å²) in [4.78, 5) is 16.1. The van der Waals surface area contributed by atoms with Gasteiger partial charge in [-0.05, 0) is 18.6 Å². The van der Waals surface area contributed by atoms with Crippen LogP contribution in [0.15, 0.2) is 30.3 Å². The van der Waals surface area contributed by atoms with Crippen molar-refractivity contribution in [1.82, 2.24) is 9.80 Å². The van der Waals surface area contributed by atoms with Crippen molar-refractivity contribution in [2.24, 2.45) is 5.92 Å². The number of rotatable bonds is 6. The number of carbonyl (C=O) groups is 1. The molecule has 7 heteroatoms. The van der Waals surface area contributed by atoms with E-state index in [1.807, 2.05) is 30.3 Å². The third-order valence-electron chi connectivity index (χ3n) is 5.09. The maximum absolute atomic E-state index is 13.3. The van der Waals surface area contributed by atoms with E-state index < -0.39 is 17.9 Å². The predicted molar refractivity (Wildman–Crippen MR) is 93.3 cm³/mol. The summed E-state index contributed by atoms with van der Waals surface area (Å²) >= 11 is 0. The van der Waals surface area contributed by atoms with E-state index in [1.54, 1.807) is 4.90 Å². The average Bonchev–Trinajstić information content (AvgIpc) is 3.01. The van der Waals surface area contributed by atoms with Crippen LogP contribution in [-0.4, -0.2) is 72.2 Å². The molecule has 1 aromatic rings. The van der Waals surface area contributed by atoms with Gasteiger partial charge in [0.05, 0.1) is 0 Å². The van der Waals surface area contributed by atoms with Crippen LogP contribution in [0.4, 0.5) is 8.78 Å². The first kappa shape index (κ1) is 19.0. The molecule has 2 aliphatic rings. The molecule has 5 nitrogen and oxygen atoms in total. The van der Waals surface area contributed by atoms with Crippen molar-refractivity contribution in [2.45, 2.75) is 31.3 Å². The number of hydrogen-bond donors (Lipinski definition) is 1. The molecular weight excluding hydrogens is 342 g/mol. The van der Waals surface area contributed by atoms with Crippen LogP contribution < -0.4 is 4.74 Å². The standard InChI is InChI=1S/C19H26F2N2O3/c20-19(21)7-6-15(12-19)18(25)23-10-8-22(9-11-23)13-16(24)14-26-17-4-2-1-3-5-17/h1-5,15-16,24H,6-14H2. The van der Waals surface area contributed by atoms with Gasteiger partial charge in [0.25, 0.3) is 0 Å². The normalized spacial score (nSPS) is 24.4. The molecule has 144 valence electrons. The van der Waals surface area contributed by atoms with Gasteiger partial charge in [-0.3, -0.25) is 9.69 Å². The Morgan fingerprint density at radius 1 is 1.23 bits per heavy atom. The smallest absolute Gasteiger partial charge is 0.248 e. The second kappa shape index (κ2) is 8.31. The zero-order valence-corrected chi connectivity index (χ0v) is 14.8. The quantitative estimate of drug-likeness (QED) is 0.835. The van der Waals surface area contributed by atoms with Crippen molar-refractivity contribution in [2.75, 3.05) is 39.3 Å². The Balaban J connectivity index is 1.37. The molecule has 1 heterocycles. The van der Waals surface area contributed by atoms with E-state index in [0.29, 0.717) is 32.7 Å². The third kappa shape index (κ3) is 5.14. The molecule has 1 saturated heterocycles. The topological polar surface area (TPSA) is 53.0 Å². The number of benzene rings is 1. The summed E-state index contributed by atoms with van der Waals surface area (Å²) in [5, 5.41) is 10.1. The van der Waals surface area contributed by atoms with Crippen LogP contribution in [0.25, 0.3) is 0 Å². The number of para-hydroxylation sites is 1. The van der Waals surface area contributed by atoms with Crippen LogP contribution in [0.5, 0.6) is 5.75 Å². The number of amides is 1. The first-order chi connectivity index (χ1) is 12.4. The Bertz CT molecular complexity index is 592. The van der Waals surface area contributed by atoms with Gasteiger partial charge in [-0.2, -0.15) is 0 Å². The largest absolute Gasteiger partial charge is 0.491 e. The Hall–Kier alpha value is -1.73. The fourth-order valence-corrected chi connectivity index (χ4v) is 3.63. The lowest BCUT2D eigenvalue weighted by atomic mass is 10.1. The lowest BCUT2D eigenvalue weighted by Crippen LogP contribution is -2.52. The van der Waals surface area contributed by atoms with Crippen LogP contribution in [-0.2, 0) is 4.79 Å². The van der Waals surface area contributed by atoms with Gasteiger partial charge in [0.15, 0.2) is 0 Å². The van der Waals surface area contributed by atoms with Gasteiger partial charge >= 0.3 is 0 Å². The summed E-state index contributed by atoms with van der Waals surface area (Å²) in [6.07, 6.45) is -0.842. The van der Waals surface area contributed by atoms with Crippen molar-refractivity contribution >= 4 is 5.91 Å². The highest BCUT2D eigenvalue weighted by atomic mass is 19.3. The predicted octanol–water partition coefficient (Wildman–Crippen LogP) is 2.01. The Labute approximate surface area is 152 Å². The number of halogens is 2. The number of carbonyl (C=O) groups excluding carboxylic acids is 1. The summed E-state index contributed by atoms with van der Waals surface area (Å²) in [5.41, 5.74) is 0. The molecule has 0 bridgehead atoms. The molecule has 1 amide bonds. The molecule has 1 saturated carbocycles. The second-order valence-corrected chi connectivity index (χ2v) is 7.20. The number of nitrogens with zero attached hydrogens (tertiary/aromatic N) is 2. The maximum Gasteiger partial charge on any atom is 0.248 e. The Morgan fingerprint density at radius 3 is 2.54 bits per heavy atom. The molecule has 3 rings (SSSR count). The summed E-state index contributed by atoms with van der Waals surface area (Å²) in [7, 11) is 0. The number of ether oxygens (including phenoxy) is 1. The minimum absolute atomic E-state index is 0.144. The minimum Gasteiger partial charge on any atom is -0.491 e. The fraction of sp³-hybridized carbons (Fsp3) is 0.632. The Kier molecular flexibility index (Phi) is 6.09. The van der Waals surface area contributed by atoms with E-state index in [1.165, 1.54) is 0 Å². The molecular formula is C19H26F2N2O3. The molecule has 0 spiro atoms. The van der Waals surface area contributed by atoms with Gasteiger partial charge in [0.1, 0.15) is 18.5 Å². The van der Waals surface area contributed by atoms with Gasteiger partial charge < -0.3 is 14.7 Å². The number of β-amino-alcohol motifs (C(OH)–C–C–N with tert-alkyl or cyclic N) is 1. The summed E-state index contributed by atoms with van der Waals surface area (Å²) < 4.78 is 32.2. The van der Waals surface area contributed by atoms with Crippen molar-refractivity contribution in [3.63, 3.8) is 0 Å². The second-order valence-electron chi connectivity index (χ2n) is 7.20. The van der Waals surface area contributed by atoms with E-state index in [0.717, 1.165) is 5.75 Å². The first-order valence-corrected chi connectivity index (χ1v) is 9.18. The van der Waals surface area contributed by atoms with Crippen LogP contribution in [0.2, 0.25) is 0 Å². The van der Waals surface area contributed by atoms with Gasteiger partial charge in [0, 0.05) is 51.5 Å². The van der Waals surface area contributed by atoms with Crippen LogP contribution in [0.1, 0.15) is 19.3 Å². The molecule has 0 radical (unpaired) electrons. The Morgan fingerprint density at radius 2 is 1.92 bits per heavy atom. The molecule has 2 fully saturated rings. The number of hydrogen-bond acceptors (Lipinski definition) is 4. The zero-order chi connectivity index (χ0) is 18.6. The van der Waals surface area contributed by atoms with E-state index in [-0.39, 0.29) is 31.8 Å². The van der Waals surface area contributed by atoms with Crippen LogP contribution in [0.3, 0.4) is 0 Å². The highest BCUT2D eigenvalue weighted by Crippen LogP contribution is 2.39. The summed E-state index contributed by atoms with van der Waals surface area (Å²) in [6.45, 7) is 2.99. The zero-order valence-electron chi connectivity index (χ0n) is 14.8. The van der Waals surface area contributed by atoms with Crippen LogP contribution in [0, 0.1) is 5.92 Å².